The number of hydrogen-bond donors (Lipinski definition) is 0. The quantitative estimate of drug-likeness (QED) is 0.498. The zero-order chi connectivity index (χ0) is 16.0. The summed E-state index contributed by atoms with van der Waals surface area (Å²) in [5.41, 5.74) is 2.49. The second-order valence-corrected chi connectivity index (χ2v) is 9.40. The molecule has 0 saturated carbocycles. The van der Waals surface area contributed by atoms with Crippen LogP contribution in [0.4, 0.5) is 0 Å². The summed E-state index contributed by atoms with van der Waals surface area (Å²) < 4.78 is 0. The first-order valence-corrected chi connectivity index (χ1v) is 10.3. The molecule has 0 spiro atoms. The summed E-state index contributed by atoms with van der Waals surface area (Å²) in [7, 11) is -2.13. The molecule has 0 bridgehead atoms. The molecule has 0 N–H and O–H groups in total. The van der Waals surface area contributed by atoms with Gasteiger partial charge in [0.05, 0.1) is 0 Å². The van der Waals surface area contributed by atoms with Gasteiger partial charge in [-0.3, -0.25) is 0 Å². The van der Waals surface area contributed by atoms with E-state index < -0.39 is 8.07 Å². The Morgan fingerprint density at radius 1 is 0.609 bits per heavy atom. The van der Waals surface area contributed by atoms with Crippen LogP contribution >= 0.6 is 0 Å². The Kier molecular flexibility index (Phi) is 4.89. The third-order valence-electron chi connectivity index (χ3n) is 4.29. The maximum Gasteiger partial charge on any atom is 0.172 e. The zero-order valence-corrected chi connectivity index (χ0v) is 14.5. The molecule has 0 atom stereocenters. The lowest BCUT2D eigenvalue weighted by molar-refractivity contribution is 1.23. The van der Waals surface area contributed by atoms with Crippen molar-refractivity contribution in [2.75, 3.05) is 0 Å². The van der Waals surface area contributed by atoms with Crippen molar-refractivity contribution in [2.24, 2.45) is 0 Å². The van der Waals surface area contributed by atoms with Gasteiger partial charge in [0.1, 0.15) is 0 Å². The molecule has 0 radical (unpaired) electrons. The molecule has 114 valence electrons. The number of benzene rings is 3. The van der Waals surface area contributed by atoms with Gasteiger partial charge in [0.2, 0.25) is 0 Å². The summed E-state index contributed by atoms with van der Waals surface area (Å²) in [6.07, 6.45) is 3.39. The Labute approximate surface area is 140 Å². The van der Waals surface area contributed by atoms with Crippen LogP contribution in [0.15, 0.2) is 103 Å². The summed E-state index contributed by atoms with van der Waals surface area (Å²) in [4.78, 5) is 0. The predicted molar refractivity (Wildman–Crippen MR) is 103 cm³/mol. The van der Waals surface area contributed by atoms with Crippen molar-refractivity contribution < 1.29 is 0 Å². The van der Waals surface area contributed by atoms with Gasteiger partial charge in [-0.1, -0.05) is 110 Å². The lowest BCUT2D eigenvalue weighted by atomic mass is 10.3. The minimum atomic E-state index is -2.13. The van der Waals surface area contributed by atoms with Gasteiger partial charge < -0.3 is 0 Å². The van der Waals surface area contributed by atoms with Gasteiger partial charge in [-0.15, -0.1) is 0 Å². The number of hydrogen-bond acceptors (Lipinski definition) is 0. The van der Waals surface area contributed by atoms with Crippen molar-refractivity contribution in [3.63, 3.8) is 0 Å². The normalized spacial score (nSPS) is 11.7. The summed E-state index contributed by atoms with van der Waals surface area (Å²) in [6.45, 7) is 2.20. The molecule has 0 aromatic heterocycles. The first-order chi connectivity index (χ1) is 11.4. The van der Waals surface area contributed by atoms with Crippen LogP contribution in [0.2, 0.25) is 0 Å². The van der Waals surface area contributed by atoms with E-state index in [0.717, 1.165) is 6.42 Å². The van der Waals surface area contributed by atoms with Gasteiger partial charge in [0.15, 0.2) is 8.07 Å². The van der Waals surface area contributed by atoms with Crippen molar-refractivity contribution >= 4 is 23.6 Å². The van der Waals surface area contributed by atoms with Gasteiger partial charge in [-0.05, 0) is 22.0 Å². The Morgan fingerprint density at radius 2 is 0.957 bits per heavy atom. The fraction of sp³-hybridized carbons (Fsp3) is 0.0909. The van der Waals surface area contributed by atoms with Crippen molar-refractivity contribution in [2.45, 2.75) is 13.3 Å². The van der Waals surface area contributed by atoms with Crippen molar-refractivity contribution in [3.8, 4) is 0 Å². The molecule has 3 rings (SSSR count). The molecule has 0 heterocycles. The Morgan fingerprint density at radius 3 is 1.26 bits per heavy atom. The van der Waals surface area contributed by atoms with Crippen LogP contribution in [0.1, 0.15) is 13.3 Å². The van der Waals surface area contributed by atoms with Gasteiger partial charge >= 0.3 is 0 Å². The molecule has 1 heteroatoms. The zero-order valence-electron chi connectivity index (χ0n) is 13.5. The first-order valence-electron chi connectivity index (χ1n) is 8.22. The maximum atomic E-state index is 2.49. The smallest absolute Gasteiger partial charge is 0.0917 e. The van der Waals surface area contributed by atoms with Gasteiger partial charge in [0, 0.05) is 0 Å². The largest absolute Gasteiger partial charge is 0.172 e. The van der Waals surface area contributed by atoms with E-state index in [2.05, 4.69) is 110 Å². The lowest BCUT2D eigenvalue weighted by Gasteiger charge is -2.30. The van der Waals surface area contributed by atoms with E-state index in [1.807, 2.05) is 0 Å². The van der Waals surface area contributed by atoms with Gasteiger partial charge in [-0.2, -0.15) is 0 Å². The second kappa shape index (κ2) is 7.25. The van der Waals surface area contributed by atoms with Crippen LogP contribution in [0.25, 0.3) is 0 Å². The van der Waals surface area contributed by atoms with Crippen molar-refractivity contribution in [3.05, 3.63) is 103 Å². The van der Waals surface area contributed by atoms with E-state index in [-0.39, 0.29) is 0 Å². The second-order valence-electron chi connectivity index (χ2n) is 5.72. The Bertz CT molecular complexity index is 649. The maximum absolute atomic E-state index is 2.49. The third-order valence-corrected chi connectivity index (χ3v) is 8.76. The number of allylic oxidation sites excluding steroid dienone is 1. The van der Waals surface area contributed by atoms with Crippen LogP contribution in [-0.4, -0.2) is 8.07 Å². The van der Waals surface area contributed by atoms with Crippen LogP contribution in [0.3, 0.4) is 0 Å². The highest BCUT2D eigenvalue weighted by Crippen LogP contribution is 2.10. The lowest BCUT2D eigenvalue weighted by Crippen LogP contribution is -2.66. The SMILES string of the molecule is CCC=C[Si](c1ccccc1)(c1ccccc1)c1ccccc1. The molecule has 0 fully saturated rings. The molecule has 0 saturated heterocycles. The summed E-state index contributed by atoms with van der Waals surface area (Å²) in [5.74, 6) is 0. The molecule has 23 heavy (non-hydrogen) atoms. The van der Waals surface area contributed by atoms with Crippen LogP contribution < -0.4 is 15.6 Å². The molecule has 0 aliphatic carbocycles. The summed E-state index contributed by atoms with van der Waals surface area (Å²) >= 11 is 0. The van der Waals surface area contributed by atoms with Crippen LogP contribution in [0, 0.1) is 0 Å². The van der Waals surface area contributed by atoms with Crippen LogP contribution in [-0.2, 0) is 0 Å². The third kappa shape index (κ3) is 3.06. The summed E-state index contributed by atoms with van der Waals surface area (Å²) in [5, 5.41) is 4.30. The highest BCUT2D eigenvalue weighted by molar-refractivity contribution is 7.14. The topological polar surface area (TPSA) is 0 Å². The van der Waals surface area contributed by atoms with Crippen LogP contribution in [0.5, 0.6) is 0 Å². The summed E-state index contributed by atoms with van der Waals surface area (Å²) in [6, 6.07) is 32.9. The average Bonchev–Trinajstić information content (AvgIpc) is 2.65. The molecule has 0 nitrogen and oxygen atoms in total. The predicted octanol–water partition coefficient (Wildman–Crippen LogP) is 3.66. The molecule has 0 amide bonds. The van der Waals surface area contributed by atoms with E-state index in [1.165, 1.54) is 15.6 Å². The molecule has 0 aliphatic rings. The fourth-order valence-electron chi connectivity index (χ4n) is 3.19. The molecular weight excluding hydrogens is 292 g/mol. The minimum Gasteiger partial charge on any atom is -0.0917 e. The minimum absolute atomic E-state index is 1.06. The van der Waals surface area contributed by atoms with E-state index in [4.69, 9.17) is 0 Å². The monoisotopic (exact) mass is 314 g/mol. The highest BCUT2D eigenvalue weighted by Gasteiger charge is 2.36. The highest BCUT2D eigenvalue weighted by atomic mass is 28.3. The van der Waals surface area contributed by atoms with Gasteiger partial charge in [-0.25, -0.2) is 0 Å². The molecular formula is C22H22Si. The van der Waals surface area contributed by atoms with E-state index in [0.29, 0.717) is 0 Å². The van der Waals surface area contributed by atoms with E-state index >= 15 is 0 Å². The Balaban J connectivity index is 2.33. The average molecular weight is 315 g/mol. The molecule has 0 unspecified atom stereocenters. The molecule has 3 aromatic rings. The molecule has 0 aliphatic heterocycles. The first kappa shape index (κ1) is 15.5. The fourth-order valence-corrected chi connectivity index (χ4v) is 7.51. The molecule has 3 aromatic carbocycles. The standard InChI is InChI=1S/C22H22Si/c1-2-3-19-23(20-13-7-4-8-14-20,21-15-9-5-10-16-21)22-17-11-6-12-18-22/h3-19H,2H2,1H3. The van der Waals surface area contributed by atoms with E-state index in [9.17, 15) is 0 Å². The van der Waals surface area contributed by atoms with Crippen molar-refractivity contribution in [1.29, 1.82) is 0 Å². The van der Waals surface area contributed by atoms with E-state index in [1.54, 1.807) is 0 Å². The Hall–Kier alpha value is -2.38. The number of rotatable bonds is 5. The van der Waals surface area contributed by atoms with Gasteiger partial charge in [0.25, 0.3) is 0 Å². The van der Waals surface area contributed by atoms with Crippen molar-refractivity contribution in [1.82, 2.24) is 0 Å².